The number of hydrogen-bond donors (Lipinski definition) is 2. The Hall–Kier alpha value is -2.81. The third-order valence-corrected chi connectivity index (χ3v) is 5.90. The number of nitrogens with zero attached hydrogens (tertiary/aromatic N) is 1. The van der Waals surface area contributed by atoms with Gasteiger partial charge in [0.2, 0.25) is 5.88 Å². The molecule has 0 atom stereocenters. The minimum Gasteiger partial charge on any atom is -0.481 e. The minimum absolute atomic E-state index is 0.0193. The van der Waals surface area contributed by atoms with Crippen LogP contribution in [0.15, 0.2) is 65.7 Å². The molecule has 0 saturated carbocycles. The van der Waals surface area contributed by atoms with Crippen LogP contribution in [0.25, 0.3) is 0 Å². The molecule has 0 radical (unpaired) electrons. The van der Waals surface area contributed by atoms with Crippen LogP contribution >= 0.6 is 23.2 Å². The summed E-state index contributed by atoms with van der Waals surface area (Å²) in [6.07, 6.45) is 1.42. The summed E-state index contributed by atoms with van der Waals surface area (Å²) in [6, 6.07) is 13.3. The van der Waals surface area contributed by atoms with Gasteiger partial charge >= 0.3 is 0 Å². The Kier molecular flexibility index (Phi) is 6.26. The van der Waals surface area contributed by atoms with Crippen molar-refractivity contribution in [2.24, 2.45) is 0 Å². The van der Waals surface area contributed by atoms with Crippen molar-refractivity contribution in [3.8, 4) is 5.88 Å². The number of nitrogens with one attached hydrogen (secondary N) is 2. The lowest BCUT2D eigenvalue weighted by atomic mass is 10.2. The molecule has 0 saturated heterocycles. The second-order valence-electron chi connectivity index (χ2n) is 5.80. The van der Waals surface area contributed by atoms with Gasteiger partial charge in [-0.1, -0.05) is 23.2 Å². The lowest BCUT2D eigenvalue weighted by molar-refractivity contribution is 0.102. The number of ether oxygens (including phenoxy) is 1. The second kappa shape index (κ2) is 8.69. The monoisotopic (exact) mass is 451 g/mol. The average Bonchev–Trinajstić information content (AvgIpc) is 2.70. The maximum atomic E-state index is 12.7. The first-order valence-electron chi connectivity index (χ1n) is 8.18. The number of anilines is 2. The van der Waals surface area contributed by atoms with Gasteiger partial charge in [-0.25, -0.2) is 13.4 Å². The summed E-state index contributed by atoms with van der Waals surface area (Å²) in [5.41, 5.74) is 0.848. The van der Waals surface area contributed by atoms with Crippen LogP contribution in [-0.2, 0) is 10.0 Å². The summed E-state index contributed by atoms with van der Waals surface area (Å²) in [6.45, 7) is 0. The Balaban J connectivity index is 1.84. The first kappa shape index (κ1) is 20.9. The Morgan fingerprint density at radius 3 is 2.31 bits per heavy atom. The number of sulfonamides is 1. The molecule has 2 N–H and O–H groups in total. The van der Waals surface area contributed by atoms with Crippen molar-refractivity contribution in [1.82, 2.24) is 4.98 Å². The van der Waals surface area contributed by atoms with Crippen LogP contribution in [0, 0.1) is 0 Å². The fourth-order valence-corrected chi connectivity index (χ4v) is 4.07. The molecular formula is C19H15Cl2N3O4S. The summed E-state index contributed by atoms with van der Waals surface area (Å²) in [5.74, 6) is -0.118. The van der Waals surface area contributed by atoms with Crippen LogP contribution in [0.3, 0.4) is 0 Å². The van der Waals surface area contributed by atoms with Crippen molar-refractivity contribution >= 4 is 50.5 Å². The molecule has 0 aliphatic rings. The fourth-order valence-electron chi connectivity index (χ4n) is 2.36. The van der Waals surface area contributed by atoms with E-state index in [4.69, 9.17) is 27.9 Å². The van der Waals surface area contributed by atoms with Crippen molar-refractivity contribution in [3.05, 3.63) is 76.4 Å². The first-order valence-corrected chi connectivity index (χ1v) is 10.4. The fraction of sp³-hybridized carbons (Fsp3) is 0.0526. The van der Waals surface area contributed by atoms with E-state index in [1.165, 1.54) is 43.6 Å². The molecule has 3 rings (SSSR count). The molecule has 0 fully saturated rings. The summed E-state index contributed by atoms with van der Waals surface area (Å²) >= 11 is 11.9. The Labute approximate surface area is 177 Å². The van der Waals surface area contributed by atoms with Gasteiger partial charge in [0.15, 0.2) is 0 Å². The molecule has 1 amide bonds. The molecule has 29 heavy (non-hydrogen) atoms. The first-order chi connectivity index (χ1) is 13.8. The van der Waals surface area contributed by atoms with Crippen molar-refractivity contribution in [1.29, 1.82) is 0 Å². The molecule has 0 bridgehead atoms. The summed E-state index contributed by atoms with van der Waals surface area (Å²) in [4.78, 5) is 16.3. The molecule has 0 unspecified atom stereocenters. The quantitative estimate of drug-likeness (QED) is 0.576. The van der Waals surface area contributed by atoms with E-state index in [-0.39, 0.29) is 15.5 Å². The lowest BCUT2D eigenvalue weighted by Crippen LogP contribution is -2.16. The number of carbonyl (C=O) groups excluding carboxylic acids is 1. The largest absolute Gasteiger partial charge is 0.481 e. The van der Waals surface area contributed by atoms with E-state index in [0.717, 1.165) is 0 Å². The van der Waals surface area contributed by atoms with E-state index >= 15 is 0 Å². The van der Waals surface area contributed by atoms with Gasteiger partial charge in [0.1, 0.15) is 4.90 Å². The van der Waals surface area contributed by atoms with E-state index < -0.39 is 15.9 Å². The van der Waals surface area contributed by atoms with Crippen molar-refractivity contribution in [2.75, 3.05) is 17.1 Å². The number of rotatable bonds is 6. The van der Waals surface area contributed by atoms with Crippen molar-refractivity contribution in [2.45, 2.75) is 4.90 Å². The molecule has 1 aromatic heterocycles. The average molecular weight is 452 g/mol. The van der Waals surface area contributed by atoms with Crippen LogP contribution in [0.1, 0.15) is 10.4 Å². The number of pyridine rings is 1. The van der Waals surface area contributed by atoms with Gasteiger partial charge < -0.3 is 10.1 Å². The summed E-state index contributed by atoms with van der Waals surface area (Å²) in [5, 5.41) is 3.08. The topological polar surface area (TPSA) is 97.4 Å². The number of amides is 1. The molecule has 3 aromatic rings. The maximum Gasteiger partial charge on any atom is 0.263 e. The number of carbonyl (C=O) groups is 1. The van der Waals surface area contributed by atoms with Crippen LogP contribution in [-0.4, -0.2) is 26.4 Å². The van der Waals surface area contributed by atoms with Gasteiger partial charge in [0.05, 0.1) is 24.0 Å². The molecule has 0 aliphatic heterocycles. The molecule has 2 aromatic carbocycles. The van der Waals surface area contributed by atoms with Gasteiger partial charge in [-0.2, -0.15) is 0 Å². The molecule has 10 heteroatoms. The van der Waals surface area contributed by atoms with Crippen LogP contribution in [0.2, 0.25) is 10.0 Å². The third-order valence-electron chi connectivity index (χ3n) is 3.78. The molecule has 0 spiro atoms. The Morgan fingerprint density at radius 2 is 1.69 bits per heavy atom. The van der Waals surface area contributed by atoms with E-state index in [0.29, 0.717) is 22.3 Å². The zero-order chi connectivity index (χ0) is 21.0. The maximum absolute atomic E-state index is 12.7. The van der Waals surface area contributed by atoms with Gasteiger partial charge in [-0.15, -0.1) is 0 Å². The summed E-state index contributed by atoms with van der Waals surface area (Å²) < 4.78 is 32.8. The highest BCUT2D eigenvalue weighted by atomic mass is 35.5. The molecule has 1 heterocycles. The Bertz CT molecular complexity index is 1140. The van der Waals surface area contributed by atoms with Gasteiger partial charge in [-0.3, -0.25) is 9.52 Å². The number of hydrogen-bond acceptors (Lipinski definition) is 5. The predicted molar refractivity (Wildman–Crippen MR) is 112 cm³/mol. The van der Waals surface area contributed by atoms with Crippen molar-refractivity contribution < 1.29 is 17.9 Å². The predicted octanol–water partition coefficient (Wildman–Crippen LogP) is 4.45. The zero-order valence-corrected chi connectivity index (χ0v) is 17.3. The summed E-state index contributed by atoms with van der Waals surface area (Å²) in [7, 11) is -2.55. The number of halogens is 2. The van der Waals surface area contributed by atoms with Gasteiger partial charge in [0.25, 0.3) is 15.9 Å². The zero-order valence-electron chi connectivity index (χ0n) is 15.0. The number of methoxy groups -OCH3 is 1. The molecule has 7 nitrogen and oxygen atoms in total. The number of aromatic nitrogens is 1. The lowest BCUT2D eigenvalue weighted by Gasteiger charge is -2.11. The smallest absolute Gasteiger partial charge is 0.263 e. The van der Waals surface area contributed by atoms with Crippen LogP contribution in [0.4, 0.5) is 11.4 Å². The highest BCUT2D eigenvalue weighted by Crippen LogP contribution is 2.26. The van der Waals surface area contributed by atoms with Crippen molar-refractivity contribution in [3.63, 3.8) is 0 Å². The second-order valence-corrected chi connectivity index (χ2v) is 8.30. The minimum atomic E-state index is -4.03. The van der Waals surface area contributed by atoms with Crippen LogP contribution < -0.4 is 14.8 Å². The highest BCUT2D eigenvalue weighted by molar-refractivity contribution is 7.92. The molecule has 0 aliphatic carbocycles. The Morgan fingerprint density at radius 1 is 1.00 bits per heavy atom. The standard InChI is InChI=1S/C19H15Cl2N3O4S/c1-28-18-9-7-15(11-22-18)23-19(25)12-2-8-16(21)17(10-12)29(26,27)24-14-5-3-13(20)4-6-14/h2-11,24H,1H3,(H,23,25). The molecule has 150 valence electrons. The highest BCUT2D eigenvalue weighted by Gasteiger charge is 2.20. The van der Waals surface area contributed by atoms with E-state index in [9.17, 15) is 13.2 Å². The SMILES string of the molecule is COc1ccc(NC(=O)c2ccc(Cl)c(S(=O)(=O)Nc3ccc(Cl)cc3)c2)cn1. The third kappa shape index (κ3) is 5.17. The molecular weight excluding hydrogens is 437 g/mol. The number of benzene rings is 2. The van der Waals surface area contributed by atoms with E-state index in [1.807, 2.05) is 0 Å². The van der Waals surface area contributed by atoms with Crippen LogP contribution in [0.5, 0.6) is 5.88 Å². The van der Waals surface area contributed by atoms with E-state index in [2.05, 4.69) is 15.0 Å². The van der Waals surface area contributed by atoms with Gasteiger partial charge in [0, 0.05) is 22.3 Å². The van der Waals surface area contributed by atoms with Gasteiger partial charge in [-0.05, 0) is 48.5 Å². The normalized spacial score (nSPS) is 11.0. The van der Waals surface area contributed by atoms with E-state index in [1.54, 1.807) is 24.3 Å².